The number of ketones is 2. The van der Waals surface area contributed by atoms with E-state index in [-0.39, 0.29) is 65.8 Å². The second kappa shape index (κ2) is 17.1. The van der Waals surface area contributed by atoms with Gasteiger partial charge in [-0.05, 0) is 119 Å². The van der Waals surface area contributed by atoms with Crippen LogP contribution in [0.15, 0.2) is 41.3 Å². The van der Waals surface area contributed by atoms with Crippen LogP contribution in [0.3, 0.4) is 0 Å². The Morgan fingerprint density at radius 3 is 2.25 bits per heavy atom. The highest BCUT2D eigenvalue weighted by atomic mass is 16.5. The van der Waals surface area contributed by atoms with Gasteiger partial charge in [-0.2, -0.15) is 0 Å². The van der Waals surface area contributed by atoms with Gasteiger partial charge in [0.25, 0.3) is 17.4 Å². The maximum atomic E-state index is 13.8. The predicted octanol–water partition coefficient (Wildman–Crippen LogP) is 4.20. The maximum absolute atomic E-state index is 13.8. The van der Waals surface area contributed by atoms with E-state index in [1.165, 1.54) is 0 Å². The van der Waals surface area contributed by atoms with E-state index in [1.807, 2.05) is 32.4 Å². The molecule has 1 spiro atoms. The zero-order valence-corrected chi connectivity index (χ0v) is 35.8. The Hall–Kier alpha value is -5.54. The molecule has 8 rings (SSSR count). The summed E-state index contributed by atoms with van der Waals surface area (Å²) in [6.45, 7) is 4.51. The van der Waals surface area contributed by atoms with E-state index in [4.69, 9.17) is 14.2 Å². The smallest absolute Gasteiger partial charge is 0.317 e. The number of nitrogens with zero attached hydrogens (tertiary/aromatic N) is 5. The molecule has 1 aromatic heterocycles. The van der Waals surface area contributed by atoms with Crippen molar-refractivity contribution < 1.29 is 38.2 Å². The molecule has 4 amide bonds. The summed E-state index contributed by atoms with van der Waals surface area (Å²) < 4.78 is 19.2. The Kier molecular flexibility index (Phi) is 11.8. The van der Waals surface area contributed by atoms with Crippen molar-refractivity contribution in [3.63, 3.8) is 0 Å². The van der Waals surface area contributed by atoms with Gasteiger partial charge in [-0.15, -0.1) is 0 Å². The van der Waals surface area contributed by atoms with Crippen LogP contribution in [0.5, 0.6) is 17.2 Å². The minimum atomic E-state index is -0.900. The zero-order chi connectivity index (χ0) is 43.2. The van der Waals surface area contributed by atoms with Crippen molar-refractivity contribution in [3.8, 4) is 28.4 Å². The number of piperidine rings is 1. The quantitative estimate of drug-likeness (QED) is 0.158. The van der Waals surface area contributed by atoms with Gasteiger partial charge in [0.2, 0.25) is 0 Å². The Morgan fingerprint density at radius 2 is 1.59 bits per heavy atom. The number of aromatic nitrogens is 1. The van der Waals surface area contributed by atoms with Crippen LogP contribution < -0.4 is 25.1 Å². The van der Waals surface area contributed by atoms with E-state index in [9.17, 15) is 28.8 Å². The molecule has 15 nitrogen and oxygen atoms in total. The van der Waals surface area contributed by atoms with Crippen molar-refractivity contribution >= 4 is 29.4 Å². The molecule has 4 heterocycles. The number of nitrogens with one attached hydrogen (secondary N) is 1. The Labute approximate surface area is 355 Å². The summed E-state index contributed by atoms with van der Waals surface area (Å²) in [6, 6.07) is 7.90. The van der Waals surface area contributed by atoms with Crippen LogP contribution in [0, 0.1) is 5.41 Å². The molecular weight excluding hydrogens is 781 g/mol. The van der Waals surface area contributed by atoms with Crippen LogP contribution in [0.2, 0.25) is 0 Å². The molecule has 3 aromatic rings. The number of aryl methyl sites for hydroxylation is 1. The predicted molar refractivity (Wildman–Crippen MR) is 226 cm³/mol. The fourth-order valence-corrected chi connectivity index (χ4v) is 10.0. The van der Waals surface area contributed by atoms with Crippen molar-refractivity contribution in [2.75, 3.05) is 61.1 Å². The van der Waals surface area contributed by atoms with E-state index in [0.717, 1.165) is 78.9 Å². The van der Waals surface area contributed by atoms with Gasteiger partial charge in [0.15, 0.2) is 5.78 Å². The molecule has 61 heavy (non-hydrogen) atoms. The van der Waals surface area contributed by atoms with Crippen LogP contribution in [-0.4, -0.2) is 127 Å². The lowest BCUT2D eigenvalue weighted by Gasteiger charge is -2.54. The number of imide groups is 1. The largest absolute Gasteiger partial charge is 0.496 e. The number of benzene rings is 2. The second-order valence-corrected chi connectivity index (χ2v) is 17.6. The van der Waals surface area contributed by atoms with Gasteiger partial charge >= 0.3 is 6.03 Å². The van der Waals surface area contributed by atoms with Crippen LogP contribution in [0.25, 0.3) is 11.1 Å². The van der Waals surface area contributed by atoms with E-state index in [0.29, 0.717) is 48.9 Å². The molecule has 0 bridgehead atoms. The molecule has 2 unspecified atom stereocenters. The minimum absolute atomic E-state index is 0.0660. The van der Waals surface area contributed by atoms with Crippen molar-refractivity contribution in [1.29, 1.82) is 0 Å². The first-order valence-corrected chi connectivity index (χ1v) is 21.4. The summed E-state index contributed by atoms with van der Waals surface area (Å²) in [5.74, 6) is 0.341. The third-order valence-corrected chi connectivity index (χ3v) is 13.6. The number of fused-ring (bicyclic) bond motifs is 2. The van der Waals surface area contributed by atoms with Crippen molar-refractivity contribution in [2.24, 2.45) is 12.5 Å². The maximum Gasteiger partial charge on any atom is 0.317 e. The van der Waals surface area contributed by atoms with Gasteiger partial charge in [0, 0.05) is 56.5 Å². The molecule has 2 saturated carbocycles. The van der Waals surface area contributed by atoms with E-state index in [2.05, 4.69) is 15.1 Å². The highest BCUT2D eigenvalue weighted by molar-refractivity contribution is 6.23. The van der Waals surface area contributed by atoms with Crippen molar-refractivity contribution in [2.45, 2.75) is 83.0 Å². The van der Waals surface area contributed by atoms with Gasteiger partial charge in [0.1, 0.15) is 23.0 Å². The molecule has 324 valence electrons. The summed E-state index contributed by atoms with van der Waals surface area (Å²) in [5.41, 5.74) is 4.80. The molecule has 1 N–H and O–H groups in total. The fourth-order valence-electron chi connectivity index (χ4n) is 10.0. The first-order chi connectivity index (χ1) is 29.3. The standard InChI is InChI=1S/C46H56N6O9/c1-48(2)25-36-39(59-4)21-28(22-40(36)60-5)34-26-49(3)42(55)35-27-51(17-12-31(34)35)45(58)47-41-11-13-46(41)14-18-50(19-15-46)16-6-20-61-30-8-9-32-33(24-30)44(57)52(43(32)56)37-10-7-29(53)23-38(37)54/h8-9,21-22,24,26,37,41H,6-7,10-20,23,25,27H2,1-5H3,(H,47,58). The average molecular weight is 837 g/mol. The third-order valence-electron chi connectivity index (χ3n) is 13.6. The molecule has 3 aliphatic heterocycles. The molecule has 2 aromatic carbocycles. The number of likely N-dealkylation sites (tertiary alicyclic amines) is 1. The number of carbonyl (C=O) groups is 5. The fraction of sp³-hybridized carbons (Fsp3) is 0.522. The van der Waals surface area contributed by atoms with E-state index in [1.54, 1.807) is 48.9 Å². The summed E-state index contributed by atoms with van der Waals surface area (Å²) >= 11 is 0. The number of rotatable bonds is 12. The SMILES string of the molecule is COc1cc(-c2cn(C)c(=O)c3c2CCN(C(=O)NC2CCC24CCN(CCCOc2ccc5c(c2)C(=O)N(C2CCC(=O)CC2=O)C5=O)CC4)C3)cc(OC)c1CN(C)C. The molecule has 0 radical (unpaired) electrons. The highest BCUT2D eigenvalue weighted by Gasteiger charge is 2.49. The number of pyridine rings is 1. The van der Waals surface area contributed by atoms with Gasteiger partial charge in [-0.1, -0.05) is 0 Å². The summed E-state index contributed by atoms with van der Waals surface area (Å²) in [6.07, 6.45) is 7.29. The van der Waals surface area contributed by atoms with Gasteiger partial charge in [-0.25, -0.2) is 4.79 Å². The summed E-state index contributed by atoms with van der Waals surface area (Å²) in [4.78, 5) is 85.1. The lowest BCUT2D eigenvalue weighted by molar-refractivity contribution is -0.132. The van der Waals surface area contributed by atoms with E-state index < -0.39 is 23.6 Å². The number of hydrogen-bond acceptors (Lipinski definition) is 11. The molecule has 2 aliphatic carbocycles. The molecule has 2 atom stereocenters. The van der Waals surface area contributed by atoms with Gasteiger partial charge < -0.3 is 38.8 Å². The third kappa shape index (κ3) is 8.05. The summed E-state index contributed by atoms with van der Waals surface area (Å²) in [7, 11) is 9.04. The molecule has 3 fully saturated rings. The lowest BCUT2D eigenvalue weighted by atomic mass is 9.59. The van der Waals surface area contributed by atoms with Gasteiger partial charge in [0.05, 0.1) is 56.5 Å². The molecular formula is C46H56N6O9. The van der Waals surface area contributed by atoms with Crippen LogP contribution in [0.4, 0.5) is 4.79 Å². The van der Waals surface area contributed by atoms with Crippen LogP contribution in [0.1, 0.15) is 88.8 Å². The highest BCUT2D eigenvalue weighted by Crippen LogP contribution is 2.49. The molecule has 15 heteroatoms. The Morgan fingerprint density at radius 1 is 0.869 bits per heavy atom. The number of carbonyl (C=O) groups excluding carboxylic acids is 5. The average Bonchev–Trinajstić information content (AvgIpc) is 3.49. The number of hydrogen-bond donors (Lipinski definition) is 1. The topological polar surface area (TPSA) is 160 Å². The van der Waals surface area contributed by atoms with Crippen molar-refractivity contribution in [1.82, 2.24) is 29.5 Å². The van der Waals surface area contributed by atoms with E-state index >= 15 is 0 Å². The molecule has 5 aliphatic rings. The number of urea groups is 1. The first kappa shape index (κ1) is 42.2. The summed E-state index contributed by atoms with van der Waals surface area (Å²) in [5, 5.41) is 3.37. The Bertz CT molecular complexity index is 2300. The number of amides is 4. The minimum Gasteiger partial charge on any atom is -0.496 e. The normalized spacial score (nSPS) is 21.1. The first-order valence-electron chi connectivity index (χ1n) is 21.4. The Balaban J connectivity index is 0.829. The molecule has 1 saturated heterocycles. The van der Waals surface area contributed by atoms with Crippen molar-refractivity contribution in [3.05, 3.63) is 74.7 Å². The lowest BCUT2D eigenvalue weighted by Crippen LogP contribution is -2.61. The van der Waals surface area contributed by atoms with Gasteiger partial charge in [-0.3, -0.25) is 28.9 Å². The van der Waals surface area contributed by atoms with Crippen LogP contribution in [-0.2, 0) is 36.1 Å². The second-order valence-electron chi connectivity index (χ2n) is 17.6. The number of methoxy groups -OCH3 is 2. The monoisotopic (exact) mass is 836 g/mol. The number of Topliss-reactive ketones (excluding diaryl/α,β-unsaturated/α-hetero) is 2. The van der Waals surface area contributed by atoms with Crippen LogP contribution >= 0.6 is 0 Å². The zero-order valence-electron chi connectivity index (χ0n) is 35.8. The number of ether oxygens (including phenoxy) is 3.